The third-order valence-corrected chi connectivity index (χ3v) is 5.67. The van der Waals surface area contributed by atoms with Gasteiger partial charge in [0, 0.05) is 30.9 Å². The Balaban J connectivity index is 0. The van der Waals surface area contributed by atoms with Gasteiger partial charge in [0.25, 0.3) is 0 Å². The average molecular weight is 603 g/mol. The summed E-state index contributed by atoms with van der Waals surface area (Å²) in [6, 6.07) is 15.2. The molecule has 3 aromatic carbocycles. The summed E-state index contributed by atoms with van der Waals surface area (Å²) in [7, 11) is 1.35. The molecular weight excluding hydrogens is 556 g/mol. The number of aliphatic hydroxyl groups is 1. The number of allylic oxidation sites excluding steroid dienone is 1. The van der Waals surface area contributed by atoms with Crippen LogP contribution < -0.4 is 4.74 Å². The monoisotopic (exact) mass is 602 g/mol. The first-order valence-corrected chi connectivity index (χ1v) is 12.8. The highest BCUT2D eigenvalue weighted by Crippen LogP contribution is 2.35. The van der Waals surface area contributed by atoms with E-state index >= 15 is 0 Å². The van der Waals surface area contributed by atoms with Gasteiger partial charge in [0.1, 0.15) is 34.5 Å². The van der Waals surface area contributed by atoms with Crippen molar-refractivity contribution in [3.63, 3.8) is 0 Å². The normalized spacial score (nSPS) is 13.3. The molecule has 2 unspecified atom stereocenters. The van der Waals surface area contributed by atoms with Crippen LogP contribution in [0.25, 0.3) is 0 Å². The fraction of sp³-hybridized carbons (Fsp3) is 0.333. The molecular formula is C33H46O10. The predicted octanol–water partition coefficient (Wildman–Crippen LogP) is 6.49. The minimum Gasteiger partial charge on any atom is -0.508 e. The topological polar surface area (TPSA) is 174 Å². The summed E-state index contributed by atoms with van der Waals surface area (Å²) in [4.78, 5) is 21.1. The summed E-state index contributed by atoms with van der Waals surface area (Å²) < 4.78 is 9.25. The molecule has 0 amide bonds. The summed E-state index contributed by atoms with van der Waals surface area (Å²) in [6.07, 6.45) is 4.02. The fourth-order valence-corrected chi connectivity index (χ4v) is 3.54. The molecule has 0 bridgehead atoms. The van der Waals surface area contributed by atoms with Crippen molar-refractivity contribution < 1.29 is 49.7 Å². The van der Waals surface area contributed by atoms with Crippen LogP contribution in [0.1, 0.15) is 71.4 Å². The molecule has 4 rings (SSSR count). The number of hydrogen-bond acceptors (Lipinski definition) is 10. The van der Waals surface area contributed by atoms with Crippen LogP contribution >= 0.6 is 0 Å². The molecule has 3 aromatic rings. The number of hydrogen-bond donors (Lipinski definition) is 6. The van der Waals surface area contributed by atoms with Crippen molar-refractivity contribution in [1.29, 1.82) is 0 Å². The zero-order valence-electron chi connectivity index (χ0n) is 23.5. The zero-order chi connectivity index (χ0) is 30.9. The van der Waals surface area contributed by atoms with Gasteiger partial charge in [-0.05, 0) is 60.6 Å². The van der Waals surface area contributed by atoms with Crippen LogP contribution in [0.15, 0.2) is 72.8 Å². The van der Waals surface area contributed by atoms with E-state index < -0.39 is 0 Å². The molecule has 0 saturated heterocycles. The van der Waals surface area contributed by atoms with Crippen LogP contribution in [0, 0.1) is 0 Å². The SMILES string of the molecule is C.C.C/C=C/C(=O)OC.CC(CCO)c1ccc(O)cc1O.CC1CC(=O)Oc2cc(O)ccc21.Oc1cccc(O)c1. The first kappa shape index (κ1) is 40.4. The number of phenolic OH excluding ortho intramolecular Hbond substituents is 5. The van der Waals surface area contributed by atoms with E-state index in [9.17, 15) is 14.7 Å². The largest absolute Gasteiger partial charge is 0.508 e. The Labute approximate surface area is 254 Å². The number of methoxy groups -OCH3 is 1. The molecule has 0 radical (unpaired) electrons. The molecule has 0 spiro atoms. The van der Waals surface area contributed by atoms with Gasteiger partial charge >= 0.3 is 11.9 Å². The molecule has 0 fully saturated rings. The van der Waals surface area contributed by atoms with E-state index in [2.05, 4.69) is 4.74 Å². The number of carbonyl (C=O) groups excluding carboxylic acids is 2. The number of rotatable bonds is 4. The van der Waals surface area contributed by atoms with Gasteiger partial charge in [-0.3, -0.25) is 4.79 Å². The lowest BCUT2D eigenvalue weighted by atomic mass is 9.95. The molecule has 10 nitrogen and oxygen atoms in total. The quantitative estimate of drug-likeness (QED) is 0.110. The lowest BCUT2D eigenvalue weighted by molar-refractivity contribution is -0.136. The van der Waals surface area contributed by atoms with Crippen molar-refractivity contribution in [2.24, 2.45) is 0 Å². The third-order valence-electron chi connectivity index (χ3n) is 5.67. The van der Waals surface area contributed by atoms with Crippen molar-refractivity contribution in [3.8, 4) is 34.5 Å². The number of aromatic hydroxyl groups is 5. The van der Waals surface area contributed by atoms with E-state index in [1.54, 1.807) is 37.3 Å². The Morgan fingerprint density at radius 2 is 1.51 bits per heavy atom. The van der Waals surface area contributed by atoms with E-state index in [-0.39, 0.29) is 74.0 Å². The van der Waals surface area contributed by atoms with Gasteiger partial charge in [0.2, 0.25) is 0 Å². The predicted molar refractivity (Wildman–Crippen MR) is 167 cm³/mol. The Bertz CT molecular complexity index is 1270. The van der Waals surface area contributed by atoms with Crippen molar-refractivity contribution in [2.75, 3.05) is 13.7 Å². The minimum atomic E-state index is -0.303. The second-order valence-electron chi connectivity index (χ2n) is 9.00. The fourth-order valence-electron chi connectivity index (χ4n) is 3.54. The lowest BCUT2D eigenvalue weighted by Crippen LogP contribution is -2.18. The summed E-state index contributed by atoms with van der Waals surface area (Å²) >= 11 is 0. The van der Waals surface area contributed by atoms with Gasteiger partial charge in [-0.1, -0.05) is 53.0 Å². The van der Waals surface area contributed by atoms with E-state index in [1.165, 1.54) is 49.6 Å². The Morgan fingerprint density at radius 1 is 0.953 bits per heavy atom. The van der Waals surface area contributed by atoms with Gasteiger partial charge in [-0.25, -0.2) is 4.79 Å². The zero-order valence-corrected chi connectivity index (χ0v) is 23.5. The second-order valence-corrected chi connectivity index (χ2v) is 9.00. The summed E-state index contributed by atoms with van der Waals surface area (Å²) in [6.45, 7) is 5.75. The lowest BCUT2D eigenvalue weighted by Gasteiger charge is -2.20. The van der Waals surface area contributed by atoms with Gasteiger partial charge in [0.15, 0.2) is 0 Å². The van der Waals surface area contributed by atoms with Crippen LogP contribution in [0.4, 0.5) is 0 Å². The van der Waals surface area contributed by atoms with E-state index in [1.807, 2.05) is 13.8 Å². The van der Waals surface area contributed by atoms with E-state index in [0.717, 1.165) is 11.1 Å². The molecule has 0 aliphatic carbocycles. The summed E-state index contributed by atoms with van der Waals surface area (Å²) in [5, 5.41) is 53.7. The standard InChI is InChI=1S/C10H10O3.C10H14O3.C6H6O2.C5H8O2.2CH4/c1-6-4-10(12)13-9-5-7(11)2-3-8(6)9;1-7(4-5-11)9-3-2-8(12)6-10(9)13;7-5-2-1-3-6(8)4-5;1-3-4-5(6)7-2;;/h2-3,5-6,11H,4H2,1H3;2-3,6-7,11-13H,4-5H2,1H3;1-4,7-8H;3-4H,1-2H3;2*1H4/b;;;4-3+;;. The average Bonchev–Trinajstić information content (AvgIpc) is 2.89. The van der Waals surface area contributed by atoms with Crippen molar-refractivity contribution >= 4 is 11.9 Å². The van der Waals surface area contributed by atoms with Crippen molar-refractivity contribution in [2.45, 2.75) is 60.3 Å². The van der Waals surface area contributed by atoms with Crippen LogP contribution in [-0.4, -0.2) is 56.3 Å². The number of esters is 2. The van der Waals surface area contributed by atoms with Gasteiger partial charge in [-0.2, -0.15) is 0 Å². The molecule has 1 heterocycles. The molecule has 43 heavy (non-hydrogen) atoms. The van der Waals surface area contributed by atoms with Crippen molar-refractivity contribution in [3.05, 3.63) is 83.9 Å². The van der Waals surface area contributed by atoms with Crippen LogP contribution in [-0.2, 0) is 14.3 Å². The van der Waals surface area contributed by atoms with E-state index in [0.29, 0.717) is 18.6 Å². The number of fused-ring (bicyclic) bond motifs is 1. The Kier molecular flexibility index (Phi) is 19.8. The third kappa shape index (κ3) is 15.2. The molecule has 2 atom stereocenters. The maximum Gasteiger partial charge on any atom is 0.330 e. The van der Waals surface area contributed by atoms with Crippen LogP contribution in [0.5, 0.6) is 34.5 Å². The number of phenols is 5. The maximum absolute atomic E-state index is 11.0. The summed E-state index contributed by atoms with van der Waals surface area (Å²) in [5.41, 5.74) is 1.74. The summed E-state index contributed by atoms with van der Waals surface area (Å²) in [5.74, 6) is 0.674. The van der Waals surface area contributed by atoms with Crippen LogP contribution in [0.2, 0.25) is 0 Å². The van der Waals surface area contributed by atoms with E-state index in [4.69, 9.17) is 30.3 Å². The highest BCUT2D eigenvalue weighted by atomic mass is 16.5. The highest BCUT2D eigenvalue weighted by Gasteiger charge is 2.23. The van der Waals surface area contributed by atoms with Gasteiger partial charge < -0.3 is 40.1 Å². The second kappa shape index (κ2) is 21.1. The molecule has 6 N–H and O–H groups in total. The number of aliphatic hydroxyl groups excluding tert-OH is 1. The number of carbonyl (C=O) groups is 2. The minimum absolute atomic E-state index is 0. The molecule has 0 aromatic heterocycles. The Morgan fingerprint density at radius 3 is 1.98 bits per heavy atom. The first-order valence-electron chi connectivity index (χ1n) is 12.8. The molecule has 1 aliphatic heterocycles. The number of ether oxygens (including phenoxy) is 2. The molecule has 238 valence electrons. The first-order chi connectivity index (χ1) is 19.4. The number of benzene rings is 3. The molecule has 0 saturated carbocycles. The maximum atomic E-state index is 11.0. The molecule has 10 heteroatoms. The van der Waals surface area contributed by atoms with Gasteiger partial charge in [-0.15, -0.1) is 0 Å². The Hall–Kier alpha value is -4.70. The van der Waals surface area contributed by atoms with Gasteiger partial charge in [0.05, 0.1) is 13.5 Å². The van der Waals surface area contributed by atoms with Crippen LogP contribution in [0.3, 0.4) is 0 Å². The highest BCUT2D eigenvalue weighted by molar-refractivity contribution is 5.81. The van der Waals surface area contributed by atoms with Crippen molar-refractivity contribution in [1.82, 2.24) is 0 Å². The smallest absolute Gasteiger partial charge is 0.330 e. The molecule has 1 aliphatic rings.